The van der Waals surface area contributed by atoms with Gasteiger partial charge in [0.15, 0.2) is 11.5 Å². The molecule has 1 N–H and O–H groups in total. The Balaban J connectivity index is 1.63. The lowest BCUT2D eigenvalue weighted by molar-refractivity contribution is -0.131. The topological polar surface area (TPSA) is 46.5 Å². The molecule has 28 heavy (non-hydrogen) atoms. The van der Waals surface area contributed by atoms with E-state index in [4.69, 9.17) is 27.9 Å². The van der Waals surface area contributed by atoms with Crippen molar-refractivity contribution in [3.63, 3.8) is 0 Å². The molecule has 0 radical (unpaired) electrons. The lowest BCUT2D eigenvalue weighted by Gasteiger charge is -2.03. The number of hydrogen-bond acceptors (Lipinski definition) is 3. The highest BCUT2D eigenvalue weighted by atomic mass is 35.5. The molecule has 0 aliphatic carbocycles. The fourth-order valence-corrected chi connectivity index (χ4v) is 3.21. The molecule has 5 heteroatoms. The highest BCUT2D eigenvalue weighted by Crippen LogP contribution is 2.33. The number of carbonyl (C=O) groups excluding carboxylic acids is 1. The van der Waals surface area contributed by atoms with E-state index in [0.717, 1.165) is 16.7 Å². The van der Waals surface area contributed by atoms with Crippen molar-refractivity contribution >= 4 is 40.8 Å². The van der Waals surface area contributed by atoms with Crippen LogP contribution in [-0.4, -0.2) is 11.1 Å². The van der Waals surface area contributed by atoms with Gasteiger partial charge in [-0.1, -0.05) is 71.7 Å². The second-order valence-electron chi connectivity index (χ2n) is 6.26. The third kappa shape index (κ3) is 3.68. The minimum absolute atomic E-state index is 0.120. The number of benzene rings is 3. The number of cyclic esters (lactones) is 1. The highest BCUT2D eigenvalue weighted by molar-refractivity contribution is 6.31. The average Bonchev–Trinajstić information content (AvgIpc) is 2.97. The van der Waals surface area contributed by atoms with E-state index in [2.05, 4.69) is 0 Å². The Morgan fingerprint density at radius 2 is 1.18 bits per heavy atom. The molecular weight excluding hydrogens is 395 g/mol. The summed E-state index contributed by atoms with van der Waals surface area (Å²) in [5.74, 6) is -0.660. The zero-order valence-corrected chi connectivity index (χ0v) is 16.0. The van der Waals surface area contributed by atoms with Gasteiger partial charge >= 0.3 is 5.97 Å². The first-order chi connectivity index (χ1) is 13.5. The van der Waals surface area contributed by atoms with Gasteiger partial charge in [0, 0.05) is 10.0 Å². The number of halogens is 2. The van der Waals surface area contributed by atoms with Crippen molar-refractivity contribution in [3.05, 3.63) is 105 Å². The molecule has 1 heterocycles. The van der Waals surface area contributed by atoms with Crippen molar-refractivity contribution in [2.75, 3.05) is 0 Å². The number of aliphatic hydroxyl groups is 1. The fraction of sp³-hybridized carbons (Fsp3) is 0. The van der Waals surface area contributed by atoms with Crippen molar-refractivity contribution in [2.45, 2.75) is 0 Å². The molecule has 0 bridgehead atoms. The molecule has 0 saturated heterocycles. The number of rotatable bonds is 3. The summed E-state index contributed by atoms with van der Waals surface area (Å²) < 4.78 is 5.25. The smallest absolute Gasteiger partial charge is 0.348 e. The van der Waals surface area contributed by atoms with Gasteiger partial charge in [0.2, 0.25) is 0 Å². The summed E-state index contributed by atoms with van der Waals surface area (Å²) in [6.07, 6.45) is 1.63. The van der Waals surface area contributed by atoms with Gasteiger partial charge in [0.25, 0.3) is 0 Å². The van der Waals surface area contributed by atoms with Crippen LogP contribution >= 0.6 is 23.2 Å². The van der Waals surface area contributed by atoms with Crippen molar-refractivity contribution in [1.82, 2.24) is 0 Å². The summed E-state index contributed by atoms with van der Waals surface area (Å²) in [5, 5.41) is 11.7. The SMILES string of the molecule is O=C1OC(=Cc2ccc(-c3ccc(Cl)cc3)cc2)C(O)=C1c1ccc(Cl)cc1. The van der Waals surface area contributed by atoms with Crippen LogP contribution in [-0.2, 0) is 9.53 Å². The second-order valence-corrected chi connectivity index (χ2v) is 7.13. The van der Waals surface area contributed by atoms with Gasteiger partial charge in [-0.15, -0.1) is 0 Å². The molecule has 0 spiro atoms. The standard InChI is InChI=1S/C23H14Cl2O3/c24-18-9-5-16(6-10-18)15-3-1-14(2-4-15)13-20-22(26)21(23(27)28-20)17-7-11-19(25)12-8-17/h1-13,26H. The number of hydrogen-bond donors (Lipinski definition) is 1. The van der Waals surface area contributed by atoms with Crippen LogP contribution in [0.2, 0.25) is 10.0 Å². The maximum atomic E-state index is 12.2. The molecule has 0 aromatic heterocycles. The third-order valence-electron chi connectivity index (χ3n) is 4.40. The minimum atomic E-state index is -0.594. The first kappa shape index (κ1) is 18.4. The summed E-state index contributed by atoms with van der Waals surface area (Å²) in [6.45, 7) is 0. The van der Waals surface area contributed by atoms with Gasteiger partial charge in [-0.2, -0.15) is 0 Å². The summed E-state index contributed by atoms with van der Waals surface area (Å²) in [5.41, 5.74) is 3.55. The van der Waals surface area contributed by atoms with E-state index < -0.39 is 5.97 Å². The van der Waals surface area contributed by atoms with Crippen molar-refractivity contribution in [1.29, 1.82) is 0 Å². The summed E-state index contributed by atoms with van der Waals surface area (Å²) in [7, 11) is 0. The lowest BCUT2D eigenvalue weighted by atomic mass is 10.0. The third-order valence-corrected chi connectivity index (χ3v) is 4.90. The van der Waals surface area contributed by atoms with Gasteiger partial charge in [-0.3, -0.25) is 0 Å². The second kappa shape index (κ2) is 7.55. The first-order valence-corrected chi connectivity index (χ1v) is 9.26. The zero-order chi connectivity index (χ0) is 19.7. The quantitative estimate of drug-likeness (QED) is 0.501. The van der Waals surface area contributed by atoms with Crippen LogP contribution in [0.3, 0.4) is 0 Å². The van der Waals surface area contributed by atoms with E-state index in [1.54, 1.807) is 30.3 Å². The molecule has 0 atom stereocenters. The Morgan fingerprint density at radius 1 is 0.714 bits per heavy atom. The molecule has 0 fully saturated rings. The fourth-order valence-electron chi connectivity index (χ4n) is 2.95. The van der Waals surface area contributed by atoms with Crippen molar-refractivity contribution < 1.29 is 14.6 Å². The molecule has 138 valence electrons. The average molecular weight is 409 g/mol. The Kier molecular flexibility index (Phi) is 4.95. The predicted molar refractivity (Wildman–Crippen MR) is 112 cm³/mol. The van der Waals surface area contributed by atoms with Crippen molar-refractivity contribution in [3.8, 4) is 11.1 Å². The molecular formula is C23H14Cl2O3. The molecule has 1 aliphatic heterocycles. The maximum absolute atomic E-state index is 12.2. The Morgan fingerprint density at radius 3 is 1.71 bits per heavy atom. The summed E-state index contributed by atoms with van der Waals surface area (Å²) >= 11 is 11.8. The van der Waals surface area contributed by atoms with Crippen LogP contribution in [0.1, 0.15) is 11.1 Å². The number of carbonyl (C=O) groups is 1. The monoisotopic (exact) mass is 408 g/mol. The first-order valence-electron chi connectivity index (χ1n) is 8.51. The normalized spacial score (nSPS) is 15.2. The predicted octanol–water partition coefficient (Wildman–Crippen LogP) is 6.53. The molecule has 3 aromatic carbocycles. The summed E-state index contributed by atoms with van der Waals surface area (Å²) in [4.78, 5) is 12.2. The molecule has 3 nitrogen and oxygen atoms in total. The minimum Gasteiger partial charge on any atom is -0.504 e. The van der Waals surface area contributed by atoms with Gasteiger partial charge in [0.1, 0.15) is 5.57 Å². The molecule has 3 aromatic rings. The van der Waals surface area contributed by atoms with E-state index in [1.165, 1.54) is 0 Å². The zero-order valence-electron chi connectivity index (χ0n) is 14.5. The van der Waals surface area contributed by atoms with E-state index in [9.17, 15) is 9.90 Å². The van der Waals surface area contributed by atoms with Crippen molar-refractivity contribution in [2.24, 2.45) is 0 Å². The van der Waals surface area contributed by atoms with Gasteiger partial charge < -0.3 is 9.84 Å². The Bertz CT molecular complexity index is 1090. The maximum Gasteiger partial charge on any atom is 0.348 e. The molecule has 0 amide bonds. The van der Waals surface area contributed by atoms with Gasteiger partial charge in [0.05, 0.1) is 0 Å². The van der Waals surface area contributed by atoms with Crippen LogP contribution < -0.4 is 0 Å². The Hall–Kier alpha value is -3.01. The van der Waals surface area contributed by atoms with E-state index in [0.29, 0.717) is 15.6 Å². The molecule has 0 unspecified atom stereocenters. The van der Waals surface area contributed by atoms with Crippen LogP contribution in [0.15, 0.2) is 84.3 Å². The highest BCUT2D eigenvalue weighted by Gasteiger charge is 2.31. The van der Waals surface area contributed by atoms with Gasteiger partial charge in [-0.05, 0) is 52.6 Å². The van der Waals surface area contributed by atoms with E-state index in [-0.39, 0.29) is 17.1 Å². The van der Waals surface area contributed by atoms with Crippen LogP contribution in [0, 0.1) is 0 Å². The molecule has 0 saturated carbocycles. The van der Waals surface area contributed by atoms with E-state index >= 15 is 0 Å². The van der Waals surface area contributed by atoms with Crippen LogP contribution in [0.25, 0.3) is 22.8 Å². The lowest BCUT2D eigenvalue weighted by Crippen LogP contribution is -1.98. The van der Waals surface area contributed by atoms with Crippen LogP contribution in [0.4, 0.5) is 0 Å². The number of aliphatic hydroxyl groups excluding tert-OH is 1. The number of ether oxygens (including phenoxy) is 1. The molecule has 4 rings (SSSR count). The molecule has 1 aliphatic rings. The van der Waals surface area contributed by atoms with Gasteiger partial charge in [-0.25, -0.2) is 4.79 Å². The van der Waals surface area contributed by atoms with Crippen LogP contribution in [0.5, 0.6) is 0 Å². The Labute approximate surface area is 172 Å². The largest absolute Gasteiger partial charge is 0.504 e. The number of esters is 1. The van der Waals surface area contributed by atoms with E-state index in [1.807, 2.05) is 48.5 Å². The summed E-state index contributed by atoms with van der Waals surface area (Å²) in [6, 6.07) is 21.9.